The molecular weight excluding hydrogens is 290 g/mol. The van der Waals surface area contributed by atoms with Crippen molar-refractivity contribution in [3.63, 3.8) is 0 Å². The Bertz CT molecular complexity index is 432. The minimum Gasteiger partial charge on any atom is -0.302 e. The van der Waals surface area contributed by atoms with Crippen molar-refractivity contribution in [3.05, 3.63) is 35.9 Å². The Morgan fingerprint density at radius 3 is 2.31 bits per heavy atom. The Hall–Kier alpha value is 0.260. The molecule has 0 aliphatic rings. The van der Waals surface area contributed by atoms with Crippen LogP contribution in [0, 0.1) is 0 Å². The van der Waals surface area contributed by atoms with Crippen LogP contribution in [0.4, 0.5) is 0 Å². The largest absolute Gasteiger partial charge is 0.476 e. The number of hydrogen-bond donors (Lipinski definition) is 3. The maximum atomic E-state index is 11.5. The summed E-state index contributed by atoms with van der Waals surface area (Å²) in [5.41, 5.74) is 0.871. The Kier molecular flexibility index (Phi) is 5.13. The molecule has 0 aromatic heterocycles. The Morgan fingerprint density at radius 2 is 1.81 bits per heavy atom. The van der Waals surface area contributed by atoms with Gasteiger partial charge in [0.25, 0.3) is 0 Å². The third-order valence-corrected chi connectivity index (χ3v) is 7.57. The molecule has 9 heteroatoms. The van der Waals surface area contributed by atoms with Crippen molar-refractivity contribution in [2.75, 3.05) is 0 Å². The van der Waals surface area contributed by atoms with Gasteiger partial charge >= 0.3 is 13.6 Å². The first kappa shape index (κ1) is 14.3. The van der Waals surface area contributed by atoms with Gasteiger partial charge in [0.15, 0.2) is 0 Å². The molecule has 1 aromatic carbocycles. The van der Waals surface area contributed by atoms with Crippen LogP contribution in [0.3, 0.4) is 0 Å². The molecule has 1 rings (SSSR count). The second-order valence-electron chi connectivity index (χ2n) is 2.80. The van der Waals surface area contributed by atoms with E-state index in [1.54, 1.807) is 12.1 Å². The van der Waals surface area contributed by atoms with Crippen LogP contribution in [0.15, 0.2) is 30.3 Å². The van der Waals surface area contributed by atoms with E-state index in [1.807, 2.05) is 18.2 Å². The molecule has 0 heterocycles. The van der Waals surface area contributed by atoms with E-state index in [0.29, 0.717) is 5.75 Å². The van der Waals surface area contributed by atoms with Crippen molar-refractivity contribution >= 4 is 37.2 Å². The average molecular weight is 300 g/mol. The topological polar surface area (TPSA) is 83.8 Å². The second-order valence-corrected chi connectivity index (χ2v) is 10.5. The fraction of sp³-hybridized carbons (Fsp3) is 0.143. The van der Waals surface area contributed by atoms with Gasteiger partial charge < -0.3 is 9.79 Å². The lowest BCUT2D eigenvalue weighted by atomic mass is 10.2. The summed E-state index contributed by atoms with van der Waals surface area (Å²) >= 11 is 4.38. The summed E-state index contributed by atoms with van der Waals surface area (Å²) in [7, 11) is -4.77. The van der Waals surface area contributed by atoms with Crippen LogP contribution in [0.25, 0.3) is 0 Å². The Labute approximate surface area is 102 Å². The van der Waals surface area contributed by atoms with Crippen LogP contribution < -0.4 is 0 Å². The van der Waals surface area contributed by atoms with Crippen molar-refractivity contribution in [2.24, 2.45) is 0 Å². The summed E-state index contributed by atoms with van der Waals surface area (Å²) in [4.78, 5) is 17.0. The molecule has 16 heavy (non-hydrogen) atoms. The molecule has 1 atom stereocenters. The molecule has 0 radical (unpaired) electrons. The first-order valence-corrected chi connectivity index (χ1v) is 9.96. The SMILES string of the molecule is O=P(O)(O)OP(=O)(S)SCc1ccccc1. The van der Waals surface area contributed by atoms with E-state index < -0.39 is 13.6 Å². The van der Waals surface area contributed by atoms with Crippen LogP contribution >= 0.6 is 37.2 Å². The summed E-state index contributed by atoms with van der Waals surface area (Å²) in [6, 6.07) is 9.06. The highest BCUT2D eigenvalue weighted by Gasteiger charge is 2.29. The van der Waals surface area contributed by atoms with E-state index in [4.69, 9.17) is 9.79 Å². The van der Waals surface area contributed by atoms with Crippen molar-refractivity contribution in [3.8, 4) is 0 Å². The lowest BCUT2D eigenvalue weighted by molar-refractivity contribution is 0.290. The van der Waals surface area contributed by atoms with E-state index in [2.05, 4.69) is 16.6 Å². The van der Waals surface area contributed by atoms with Crippen LogP contribution in [-0.2, 0) is 19.2 Å². The normalized spacial score (nSPS) is 15.7. The van der Waals surface area contributed by atoms with Gasteiger partial charge in [-0.25, -0.2) is 8.88 Å². The third-order valence-electron chi connectivity index (χ3n) is 1.45. The fourth-order valence-electron chi connectivity index (χ4n) is 0.888. The summed E-state index contributed by atoms with van der Waals surface area (Å²) in [5.74, 6) is -3.32. The molecule has 1 aromatic rings. The number of rotatable bonds is 5. The molecular formula is C7H10O5P2S2. The van der Waals surface area contributed by atoms with Gasteiger partial charge in [-0.05, 0) is 5.56 Å². The molecule has 0 spiro atoms. The van der Waals surface area contributed by atoms with E-state index in [1.165, 1.54) is 0 Å². The summed E-state index contributed by atoms with van der Waals surface area (Å²) in [6.45, 7) is 0. The molecule has 0 aliphatic carbocycles. The summed E-state index contributed by atoms with van der Waals surface area (Å²) in [6.07, 6.45) is 0. The zero-order valence-corrected chi connectivity index (χ0v) is 11.5. The van der Waals surface area contributed by atoms with Gasteiger partial charge in [-0.2, -0.15) is 0 Å². The number of hydrogen-bond acceptors (Lipinski definition) is 4. The lowest BCUT2D eigenvalue weighted by Gasteiger charge is -2.12. The Morgan fingerprint density at radius 1 is 1.25 bits per heavy atom. The molecule has 0 saturated carbocycles. The van der Waals surface area contributed by atoms with Crippen molar-refractivity contribution < 1.29 is 23.2 Å². The number of thiol groups is 1. The van der Waals surface area contributed by atoms with Crippen molar-refractivity contribution in [1.29, 1.82) is 0 Å². The quantitative estimate of drug-likeness (QED) is 0.572. The highest BCUT2D eigenvalue weighted by Crippen LogP contribution is 2.71. The molecule has 0 bridgehead atoms. The van der Waals surface area contributed by atoms with Gasteiger partial charge in [0.2, 0.25) is 0 Å². The van der Waals surface area contributed by atoms with Crippen molar-refractivity contribution in [2.45, 2.75) is 5.75 Å². The molecule has 0 saturated heterocycles. The number of benzene rings is 1. The highest BCUT2D eigenvalue weighted by molar-refractivity contribution is 8.84. The van der Waals surface area contributed by atoms with Gasteiger partial charge in [0, 0.05) is 5.75 Å². The minimum absolute atomic E-state index is 0.307. The molecule has 5 nitrogen and oxygen atoms in total. The van der Waals surface area contributed by atoms with Gasteiger partial charge in [-0.1, -0.05) is 54.0 Å². The lowest BCUT2D eigenvalue weighted by Crippen LogP contribution is -1.82. The van der Waals surface area contributed by atoms with Gasteiger partial charge in [-0.15, -0.1) is 0 Å². The van der Waals surface area contributed by atoms with Crippen LogP contribution in [-0.4, -0.2) is 9.79 Å². The predicted octanol–water partition coefficient (Wildman–Crippen LogP) is 3.07. The van der Waals surface area contributed by atoms with E-state index in [9.17, 15) is 9.13 Å². The molecule has 2 N–H and O–H groups in total. The average Bonchev–Trinajstić information content (AvgIpc) is 2.13. The number of phosphoric acid groups is 1. The summed E-state index contributed by atoms with van der Waals surface area (Å²) < 4.78 is 26.1. The molecule has 0 fully saturated rings. The van der Waals surface area contributed by atoms with Crippen LogP contribution in [0.2, 0.25) is 0 Å². The predicted molar refractivity (Wildman–Crippen MR) is 67.5 cm³/mol. The van der Waals surface area contributed by atoms with Gasteiger partial charge in [-0.3, -0.25) is 4.57 Å². The smallest absolute Gasteiger partial charge is 0.302 e. The van der Waals surface area contributed by atoms with Crippen molar-refractivity contribution in [1.82, 2.24) is 0 Å². The molecule has 90 valence electrons. The van der Waals surface area contributed by atoms with Crippen LogP contribution in [0.5, 0.6) is 0 Å². The van der Waals surface area contributed by atoms with E-state index >= 15 is 0 Å². The highest BCUT2D eigenvalue weighted by atomic mass is 33.1. The van der Waals surface area contributed by atoms with Gasteiger partial charge in [0.1, 0.15) is 0 Å². The molecule has 1 unspecified atom stereocenters. The Balaban J connectivity index is 2.55. The zero-order chi connectivity index (χ0) is 12.2. The van der Waals surface area contributed by atoms with Crippen LogP contribution in [0.1, 0.15) is 5.56 Å². The first-order valence-electron chi connectivity index (χ1n) is 4.07. The maximum Gasteiger partial charge on any atom is 0.476 e. The molecule has 0 amide bonds. The van der Waals surface area contributed by atoms with E-state index in [-0.39, 0.29) is 0 Å². The standard InChI is InChI=1S/C7H10O5P2S2/c8-13(9,10)12-14(11,15)16-6-7-4-2-1-3-5-7/h1-5H,6H2,(H,11,15)(H2,8,9,10). The summed E-state index contributed by atoms with van der Waals surface area (Å²) in [5, 5.41) is 0. The van der Waals surface area contributed by atoms with E-state index in [0.717, 1.165) is 16.9 Å². The monoisotopic (exact) mass is 300 g/mol. The maximum absolute atomic E-state index is 11.5. The minimum atomic E-state index is -4.77. The zero-order valence-electron chi connectivity index (χ0n) is 7.96. The fourth-order valence-corrected chi connectivity index (χ4v) is 6.18. The second kappa shape index (κ2) is 5.74. The van der Waals surface area contributed by atoms with Gasteiger partial charge in [0.05, 0.1) is 0 Å². The molecule has 0 aliphatic heterocycles. The first-order chi connectivity index (χ1) is 7.29. The third kappa shape index (κ3) is 6.11.